The van der Waals surface area contributed by atoms with Crippen molar-refractivity contribution in [3.05, 3.63) is 95.6 Å². The molecule has 1 aliphatic rings. The maximum absolute atomic E-state index is 12.9. The third kappa shape index (κ3) is 5.25. The van der Waals surface area contributed by atoms with Gasteiger partial charge in [0.2, 0.25) is 0 Å². The number of rotatable bonds is 8. The van der Waals surface area contributed by atoms with Gasteiger partial charge in [0.15, 0.2) is 6.23 Å². The predicted octanol–water partition coefficient (Wildman–Crippen LogP) is 5.90. The summed E-state index contributed by atoms with van der Waals surface area (Å²) in [5.41, 5.74) is 1.49. The number of ether oxygens (including phenoxy) is 2. The Labute approximate surface area is 253 Å². The lowest BCUT2D eigenvalue weighted by Crippen LogP contribution is -2.39. The number of esters is 1. The van der Waals surface area contributed by atoms with Crippen LogP contribution in [0.1, 0.15) is 71.6 Å². The van der Waals surface area contributed by atoms with Crippen LogP contribution in [-0.4, -0.2) is 25.3 Å². The monoisotopic (exact) mass is 607 g/mol. The van der Waals surface area contributed by atoms with Crippen molar-refractivity contribution < 1.29 is 23.8 Å². The van der Waals surface area contributed by atoms with Crippen LogP contribution in [0.15, 0.2) is 50.4 Å². The Hall–Kier alpha value is -4.28. The van der Waals surface area contributed by atoms with Crippen molar-refractivity contribution in [3.8, 4) is 5.75 Å². The summed E-state index contributed by atoms with van der Waals surface area (Å²) in [6.45, 7) is 10.0. The number of carbonyl (C=O) groups excluding carboxylic acids is 1. The lowest BCUT2D eigenvalue weighted by atomic mass is 9.84. The summed E-state index contributed by atoms with van der Waals surface area (Å²) in [7, 11) is 2.78. The fraction of sp³-hybridized carbons (Fsp3) is 0.344. The molecule has 0 radical (unpaired) electrons. The van der Waals surface area contributed by atoms with Crippen LogP contribution in [-0.2, 0) is 11.3 Å². The Morgan fingerprint density at radius 2 is 1.79 bits per heavy atom. The van der Waals surface area contributed by atoms with Crippen molar-refractivity contribution in [1.82, 2.24) is 0 Å². The average Bonchev–Trinajstić information content (AvgIpc) is 3.50. The topological polar surface area (TPSA) is 130 Å². The molecule has 5 rings (SSSR count). The second-order valence-electron chi connectivity index (χ2n) is 11.7. The van der Waals surface area contributed by atoms with Crippen molar-refractivity contribution in [2.45, 2.75) is 53.4 Å². The maximum atomic E-state index is 12.9. The SMILES string of the molecule is COC(=O)c1ccc(OC)cc1N1Cc2c(Cl)ccc(Nc3c(N[C@@H](c4cc(C)c(C)o4)C(C)(C)C)c(=O)c3=O)c2C1O. The summed E-state index contributed by atoms with van der Waals surface area (Å²) >= 11 is 6.58. The third-order valence-corrected chi connectivity index (χ3v) is 8.25. The van der Waals surface area contributed by atoms with Crippen LogP contribution in [0.3, 0.4) is 0 Å². The second-order valence-corrected chi connectivity index (χ2v) is 12.1. The molecule has 0 amide bonds. The lowest BCUT2D eigenvalue weighted by molar-refractivity contribution is 0.0600. The van der Waals surface area contributed by atoms with Crippen LogP contribution < -0.4 is 31.1 Å². The first-order chi connectivity index (χ1) is 20.3. The van der Waals surface area contributed by atoms with E-state index in [4.69, 9.17) is 25.5 Å². The Bertz CT molecular complexity index is 1780. The summed E-state index contributed by atoms with van der Waals surface area (Å²) in [6, 6.07) is 9.62. The van der Waals surface area contributed by atoms with E-state index in [9.17, 15) is 19.5 Å². The number of furan rings is 1. The molecular formula is C32H34ClN3O7. The number of fused-ring (bicyclic) bond motifs is 1. The largest absolute Gasteiger partial charge is 0.497 e. The smallest absolute Gasteiger partial charge is 0.339 e. The van der Waals surface area contributed by atoms with Gasteiger partial charge in [0.25, 0.3) is 10.9 Å². The van der Waals surface area contributed by atoms with Gasteiger partial charge in [-0.15, -0.1) is 0 Å². The van der Waals surface area contributed by atoms with Crippen LogP contribution in [0.25, 0.3) is 0 Å². The van der Waals surface area contributed by atoms with Gasteiger partial charge in [0.05, 0.1) is 31.5 Å². The van der Waals surface area contributed by atoms with Gasteiger partial charge in [-0.1, -0.05) is 32.4 Å². The molecule has 1 aromatic heterocycles. The zero-order valence-corrected chi connectivity index (χ0v) is 25.8. The maximum Gasteiger partial charge on any atom is 0.339 e. The lowest BCUT2D eigenvalue weighted by Gasteiger charge is -2.32. The summed E-state index contributed by atoms with van der Waals surface area (Å²) in [4.78, 5) is 39.9. The minimum Gasteiger partial charge on any atom is -0.497 e. The van der Waals surface area contributed by atoms with Gasteiger partial charge < -0.3 is 34.5 Å². The molecule has 0 bridgehead atoms. The molecule has 1 unspecified atom stereocenters. The number of halogens is 1. The number of hydrogen-bond acceptors (Lipinski definition) is 10. The standard InChI is InChI=1S/C32H34ClN3O7/c1-15-12-23(43-16(15)2)29(32(3,4)5)35-26-25(27(37)28(26)38)34-21-11-10-20(33)19-14-36(30(39)24(19)21)22-13-17(41-6)8-9-18(22)31(40)42-7/h8-13,29-30,34-35,39H,14H2,1-7H3/t29-,30?/m0/s1. The van der Waals surface area contributed by atoms with Crippen LogP contribution in [0, 0.1) is 19.3 Å². The van der Waals surface area contributed by atoms with Crippen molar-refractivity contribution in [1.29, 1.82) is 0 Å². The molecule has 43 heavy (non-hydrogen) atoms. The molecule has 4 aromatic rings. The van der Waals surface area contributed by atoms with E-state index >= 15 is 0 Å². The average molecular weight is 608 g/mol. The zero-order valence-electron chi connectivity index (χ0n) is 25.0. The molecule has 10 nitrogen and oxygen atoms in total. The zero-order chi connectivity index (χ0) is 31.4. The van der Waals surface area contributed by atoms with Crippen LogP contribution in [0.2, 0.25) is 5.02 Å². The van der Waals surface area contributed by atoms with Gasteiger partial charge >= 0.3 is 5.97 Å². The number of nitrogens with zero attached hydrogens (tertiary/aromatic N) is 1. The van der Waals surface area contributed by atoms with E-state index in [-0.39, 0.29) is 28.9 Å². The first-order valence-electron chi connectivity index (χ1n) is 13.7. The predicted molar refractivity (Wildman–Crippen MR) is 166 cm³/mol. The van der Waals surface area contributed by atoms with E-state index in [2.05, 4.69) is 10.6 Å². The third-order valence-electron chi connectivity index (χ3n) is 7.90. The molecule has 1 aliphatic heterocycles. The van der Waals surface area contributed by atoms with E-state index in [0.29, 0.717) is 39.0 Å². The van der Waals surface area contributed by atoms with Crippen molar-refractivity contribution >= 4 is 40.3 Å². The number of aliphatic hydroxyl groups excluding tert-OH is 1. The number of methoxy groups -OCH3 is 2. The first-order valence-corrected chi connectivity index (χ1v) is 14.1. The Morgan fingerprint density at radius 1 is 1.09 bits per heavy atom. The first kappa shape index (κ1) is 30.2. The quantitative estimate of drug-likeness (QED) is 0.164. The Morgan fingerprint density at radius 3 is 2.40 bits per heavy atom. The van der Waals surface area contributed by atoms with E-state index in [1.54, 1.807) is 35.2 Å². The van der Waals surface area contributed by atoms with E-state index in [1.807, 2.05) is 40.7 Å². The van der Waals surface area contributed by atoms with E-state index in [1.165, 1.54) is 14.2 Å². The molecule has 226 valence electrons. The molecule has 2 heterocycles. The fourth-order valence-electron chi connectivity index (χ4n) is 5.38. The van der Waals surface area contributed by atoms with Crippen LogP contribution in [0.4, 0.5) is 22.7 Å². The molecule has 0 saturated carbocycles. The highest BCUT2D eigenvalue weighted by atomic mass is 35.5. The minimum absolute atomic E-state index is 0.0750. The highest BCUT2D eigenvalue weighted by Gasteiger charge is 2.37. The van der Waals surface area contributed by atoms with E-state index < -0.39 is 29.1 Å². The molecule has 0 saturated heterocycles. The molecular weight excluding hydrogens is 574 g/mol. The van der Waals surface area contributed by atoms with Gasteiger partial charge in [-0.3, -0.25) is 9.59 Å². The summed E-state index contributed by atoms with van der Waals surface area (Å²) in [5, 5.41) is 18.3. The van der Waals surface area contributed by atoms with Crippen molar-refractivity contribution in [2.75, 3.05) is 29.8 Å². The molecule has 3 aromatic carbocycles. The number of anilines is 4. The normalized spacial score (nSPS) is 15.4. The van der Waals surface area contributed by atoms with Gasteiger partial charge in [-0.2, -0.15) is 0 Å². The van der Waals surface area contributed by atoms with Gasteiger partial charge in [-0.25, -0.2) is 4.79 Å². The molecule has 11 heteroatoms. The highest BCUT2D eigenvalue weighted by Crippen LogP contribution is 2.46. The highest BCUT2D eigenvalue weighted by molar-refractivity contribution is 6.31. The Kier molecular flexibility index (Phi) is 7.79. The summed E-state index contributed by atoms with van der Waals surface area (Å²) in [5.74, 6) is 1.32. The number of nitrogens with one attached hydrogen (secondary N) is 2. The van der Waals surface area contributed by atoms with Crippen molar-refractivity contribution in [3.63, 3.8) is 0 Å². The Balaban J connectivity index is 1.52. The second kappa shape index (κ2) is 11.1. The minimum atomic E-state index is -1.26. The van der Waals surface area contributed by atoms with Crippen LogP contribution in [0.5, 0.6) is 5.75 Å². The number of benzene rings is 2. The number of hydrogen-bond donors (Lipinski definition) is 3. The van der Waals surface area contributed by atoms with Crippen molar-refractivity contribution in [2.24, 2.45) is 5.41 Å². The van der Waals surface area contributed by atoms with Gasteiger partial charge in [0, 0.05) is 28.9 Å². The molecule has 0 aliphatic carbocycles. The summed E-state index contributed by atoms with van der Waals surface area (Å²) in [6.07, 6.45) is -1.26. The fourth-order valence-corrected chi connectivity index (χ4v) is 5.60. The number of aryl methyl sites for hydroxylation is 2. The summed E-state index contributed by atoms with van der Waals surface area (Å²) < 4.78 is 16.3. The number of aliphatic hydroxyl groups is 1. The number of carbonyl (C=O) groups is 1. The van der Waals surface area contributed by atoms with E-state index in [0.717, 1.165) is 11.3 Å². The molecule has 0 spiro atoms. The van der Waals surface area contributed by atoms with Gasteiger partial charge in [-0.05, 0) is 60.7 Å². The van der Waals surface area contributed by atoms with Gasteiger partial charge in [0.1, 0.15) is 28.6 Å². The molecule has 2 atom stereocenters. The molecule has 3 N–H and O–H groups in total. The molecule has 0 fully saturated rings. The van der Waals surface area contributed by atoms with Crippen LogP contribution >= 0.6 is 11.6 Å².